The van der Waals surface area contributed by atoms with Gasteiger partial charge in [0.05, 0.1) is 10.7 Å². The maximum absolute atomic E-state index is 6.11. The molecule has 0 aliphatic heterocycles. The van der Waals surface area contributed by atoms with Crippen molar-refractivity contribution in [2.24, 2.45) is 0 Å². The van der Waals surface area contributed by atoms with Crippen LogP contribution in [0.2, 0.25) is 5.02 Å². The van der Waals surface area contributed by atoms with Gasteiger partial charge < -0.3 is 0 Å². The van der Waals surface area contributed by atoms with Crippen LogP contribution >= 0.6 is 11.6 Å². The van der Waals surface area contributed by atoms with Gasteiger partial charge in [0.25, 0.3) is 0 Å². The molecule has 0 spiro atoms. The highest BCUT2D eigenvalue weighted by molar-refractivity contribution is 6.30. The lowest BCUT2D eigenvalue weighted by Crippen LogP contribution is -1.90. The van der Waals surface area contributed by atoms with E-state index in [-0.39, 0.29) is 7.43 Å². The SMILES string of the molecule is C.Cc1ccc(-c2cc(Cl)cnc2-c2cccnc2)cc1. The fourth-order valence-electron chi connectivity index (χ4n) is 2.13. The molecule has 0 saturated carbocycles. The van der Waals surface area contributed by atoms with E-state index in [1.807, 2.05) is 24.4 Å². The molecule has 2 nitrogen and oxygen atoms in total. The van der Waals surface area contributed by atoms with Gasteiger partial charge in [-0.15, -0.1) is 0 Å². The van der Waals surface area contributed by atoms with Crippen LogP contribution in [0.3, 0.4) is 0 Å². The van der Waals surface area contributed by atoms with Gasteiger partial charge >= 0.3 is 0 Å². The van der Waals surface area contributed by atoms with Crippen LogP contribution in [0.15, 0.2) is 61.1 Å². The van der Waals surface area contributed by atoms with E-state index < -0.39 is 0 Å². The van der Waals surface area contributed by atoms with Gasteiger partial charge in [-0.05, 0) is 30.7 Å². The Morgan fingerprint density at radius 1 is 0.952 bits per heavy atom. The first-order valence-electron chi connectivity index (χ1n) is 6.37. The van der Waals surface area contributed by atoms with Gasteiger partial charge in [-0.3, -0.25) is 9.97 Å². The van der Waals surface area contributed by atoms with Gasteiger partial charge in [0, 0.05) is 29.7 Å². The third-order valence-corrected chi connectivity index (χ3v) is 3.36. The zero-order valence-electron chi connectivity index (χ0n) is 11.0. The lowest BCUT2D eigenvalue weighted by atomic mass is 9.99. The van der Waals surface area contributed by atoms with Crippen molar-refractivity contribution in [2.45, 2.75) is 14.4 Å². The van der Waals surface area contributed by atoms with Crippen LogP contribution in [0.5, 0.6) is 0 Å². The van der Waals surface area contributed by atoms with Crippen LogP contribution < -0.4 is 0 Å². The fraction of sp³-hybridized carbons (Fsp3) is 0.111. The van der Waals surface area contributed by atoms with Crippen LogP contribution in [0, 0.1) is 6.92 Å². The third kappa shape index (κ3) is 3.29. The smallest absolute Gasteiger partial charge is 0.0796 e. The van der Waals surface area contributed by atoms with Crippen molar-refractivity contribution >= 4 is 11.6 Å². The van der Waals surface area contributed by atoms with Crippen molar-refractivity contribution in [3.63, 3.8) is 0 Å². The number of hydrogen-bond acceptors (Lipinski definition) is 2. The van der Waals surface area contributed by atoms with E-state index in [4.69, 9.17) is 11.6 Å². The number of aromatic nitrogens is 2. The molecule has 1 aromatic carbocycles. The first-order chi connectivity index (χ1) is 9.74. The second-order valence-corrected chi connectivity index (χ2v) is 5.09. The van der Waals surface area contributed by atoms with Crippen LogP contribution in [-0.4, -0.2) is 9.97 Å². The fourth-order valence-corrected chi connectivity index (χ4v) is 2.28. The number of halogens is 1. The van der Waals surface area contributed by atoms with Gasteiger partial charge in [0.1, 0.15) is 0 Å². The van der Waals surface area contributed by atoms with Crippen molar-refractivity contribution in [3.8, 4) is 22.4 Å². The highest BCUT2D eigenvalue weighted by atomic mass is 35.5. The van der Waals surface area contributed by atoms with Crippen molar-refractivity contribution in [2.75, 3.05) is 0 Å². The molecular formula is C18H17ClN2. The van der Waals surface area contributed by atoms with Crippen LogP contribution in [0.25, 0.3) is 22.4 Å². The lowest BCUT2D eigenvalue weighted by Gasteiger charge is -2.09. The van der Waals surface area contributed by atoms with Crippen LogP contribution in [0.4, 0.5) is 0 Å². The van der Waals surface area contributed by atoms with E-state index in [9.17, 15) is 0 Å². The second-order valence-electron chi connectivity index (χ2n) is 4.66. The van der Waals surface area contributed by atoms with E-state index >= 15 is 0 Å². The van der Waals surface area contributed by atoms with E-state index in [2.05, 4.69) is 41.2 Å². The molecule has 0 bridgehead atoms. The summed E-state index contributed by atoms with van der Waals surface area (Å²) < 4.78 is 0. The molecule has 21 heavy (non-hydrogen) atoms. The van der Waals surface area contributed by atoms with E-state index in [1.165, 1.54) is 5.56 Å². The largest absolute Gasteiger partial charge is 0.264 e. The molecule has 0 N–H and O–H groups in total. The molecule has 0 aliphatic rings. The second kappa shape index (κ2) is 6.51. The number of pyridine rings is 2. The normalized spacial score (nSPS) is 10.0. The zero-order valence-corrected chi connectivity index (χ0v) is 11.8. The molecule has 0 atom stereocenters. The molecular weight excluding hydrogens is 280 g/mol. The van der Waals surface area contributed by atoms with E-state index in [0.717, 1.165) is 22.4 Å². The molecule has 0 fully saturated rings. The maximum Gasteiger partial charge on any atom is 0.0796 e. The highest BCUT2D eigenvalue weighted by Gasteiger charge is 2.10. The molecule has 0 radical (unpaired) electrons. The van der Waals surface area contributed by atoms with Crippen molar-refractivity contribution < 1.29 is 0 Å². The summed E-state index contributed by atoms with van der Waals surface area (Å²) in [6, 6.07) is 14.2. The Labute approximate surface area is 130 Å². The molecule has 0 aliphatic carbocycles. The molecule has 3 aromatic rings. The molecule has 0 amide bonds. The first kappa shape index (κ1) is 15.2. The predicted octanol–water partition coefficient (Wildman–Crippen LogP) is 5.41. The Morgan fingerprint density at radius 3 is 2.38 bits per heavy atom. The molecule has 3 rings (SSSR count). The van der Waals surface area contributed by atoms with Gasteiger partial charge in [-0.1, -0.05) is 48.9 Å². The minimum atomic E-state index is 0. The lowest BCUT2D eigenvalue weighted by molar-refractivity contribution is 1.28. The summed E-state index contributed by atoms with van der Waals surface area (Å²) in [7, 11) is 0. The molecule has 106 valence electrons. The van der Waals surface area contributed by atoms with Crippen molar-refractivity contribution in [1.82, 2.24) is 9.97 Å². The summed E-state index contributed by atoms with van der Waals surface area (Å²) in [4.78, 5) is 8.63. The Balaban J connectivity index is 0.00000161. The molecule has 0 unspecified atom stereocenters. The minimum absolute atomic E-state index is 0. The summed E-state index contributed by atoms with van der Waals surface area (Å²) in [5.74, 6) is 0. The quantitative estimate of drug-likeness (QED) is 0.632. The average Bonchev–Trinajstić information content (AvgIpc) is 2.49. The number of hydrogen-bond donors (Lipinski definition) is 0. The summed E-state index contributed by atoms with van der Waals surface area (Å²) in [6.07, 6.45) is 5.24. The maximum atomic E-state index is 6.11. The number of nitrogens with zero attached hydrogens (tertiary/aromatic N) is 2. The van der Waals surface area contributed by atoms with Crippen molar-refractivity contribution in [3.05, 3.63) is 71.6 Å². The third-order valence-electron chi connectivity index (χ3n) is 3.15. The summed E-state index contributed by atoms with van der Waals surface area (Å²) in [6.45, 7) is 2.07. The molecule has 0 saturated heterocycles. The standard InChI is InChI=1S/C17H13ClN2.CH4/c1-12-4-6-13(7-5-12)16-9-15(18)11-20-17(16)14-3-2-8-19-10-14;/h2-11H,1H3;1H4. The average molecular weight is 297 g/mol. The Bertz CT molecular complexity index is 722. The number of benzene rings is 1. The number of aryl methyl sites for hydroxylation is 1. The minimum Gasteiger partial charge on any atom is -0.264 e. The summed E-state index contributed by atoms with van der Waals surface area (Å²) >= 11 is 6.11. The summed E-state index contributed by atoms with van der Waals surface area (Å²) in [5, 5.41) is 0.633. The molecule has 3 heteroatoms. The Kier molecular flexibility index (Phi) is 4.71. The first-order valence-corrected chi connectivity index (χ1v) is 6.75. The molecule has 2 heterocycles. The topological polar surface area (TPSA) is 25.8 Å². The van der Waals surface area contributed by atoms with E-state index in [1.54, 1.807) is 12.4 Å². The van der Waals surface area contributed by atoms with Gasteiger partial charge in [0.2, 0.25) is 0 Å². The Morgan fingerprint density at radius 2 is 1.71 bits per heavy atom. The highest BCUT2D eigenvalue weighted by Crippen LogP contribution is 2.31. The van der Waals surface area contributed by atoms with Gasteiger partial charge in [0.15, 0.2) is 0 Å². The van der Waals surface area contributed by atoms with Crippen LogP contribution in [-0.2, 0) is 0 Å². The Hall–Kier alpha value is -2.19. The number of rotatable bonds is 2. The monoisotopic (exact) mass is 296 g/mol. The molecule has 2 aromatic heterocycles. The zero-order chi connectivity index (χ0) is 13.9. The van der Waals surface area contributed by atoms with Gasteiger partial charge in [-0.25, -0.2) is 0 Å². The van der Waals surface area contributed by atoms with Crippen molar-refractivity contribution in [1.29, 1.82) is 0 Å². The van der Waals surface area contributed by atoms with Crippen LogP contribution in [0.1, 0.15) is 13.0 Å². The van der Waals surface area contributed by atoms with E-state index in [0.29, 0.717) is 5.02 Å². The van der Waals surface area contributed by atoms with Gasteiger partial charge in [-0.2, -0.15) is 0 Å². The summed E-state index contributed by atoms with van der Waals surface area (Å²) in [5.41, 5.74) is 5.23. The predicted molar refractivity (Wildman–Crippen MR) is 89.4 cm³/mol.